The van der Waals surface area contributed by atoms with Gasteiger partial charge in [0.2, 0.25) is 0 Å². The Hall–Kier alpha value is -2.46. The number of rotatable bonds is 27. The summed E-state index contributed by atoms with van der Waals surface area (Å²) >= 11 is 1.66. The molecule has 37 atom stereocenters. The van der Waals surface area contributed by atoms with E-state index in [1.165, 1.54) is 14.0 Å². The van der Waals surface area contributed by atoms with Gasteiger partial charge in [-0.3, -0.25) is 19.2 Å². The Bertz CT molecular complexity index is 2610. The first kappa shape index (κ1) is 86.1. The maximum absolute atomic E-state index is 13.0. The highest BCUT2D eigenvalue weighted by atomic mass is 32.2. The molecule has 0 saturated carbocycles. The van der Waals surface area contributed by atoms with Crippen LogP contribution in [0.2, 0.25) is 0 Å². The molecule has 44 heteroatoms. The van der Waals surface area contributed by atoms with Crippen LogP contribution in [0.3, 0.4) is 0 Å². The van der Waals surface area contributed by atoms with Crippen molar-refractivity contribution in [1.82, 2.24) is 5.32 Å². The van der Waals surface area contributed by atoms with E-state index in [1.807, 2.05) is 0 Å². The quantitative estimate of drug-likeness (QED) is 0.0340. The van der Waals surface area contributed by atoms with Crippen LogP contribution >= 0.6 is 23.5 Å². The third kappa shape index (κ3) is 21.0. The Labute approximate surface area is 595 Å². The molecule has 21 rings (SSSR count). The summed E-state index contributed by atoms with van der Waals surface area (Å²) in [6, 6.07) is -1.18. The van der Waals surface area contributed by atoms with Crippen molar-refractivity contribution in [1.29, 1.82) is 0 Å². The molecule has 103 heavy (non-hydrogen) atoms. The number of carbonyl (C=O) groups excluding carboxylic acids is 2. The number of Topliss-reactive ketones (excluding diaryl/α,β-unsaturated/α-hetero) is 2. The number of carbonyl (C=O) groups is 4. The molecule has 21 heterocycles. The Morgan fingerprint density at radius 2 is 0.602 bits per heavy atom. The molecular weight excluding hydrogens is 1440 g/mol. The largest absolute Gasteiger partial charge is 0.481 e. The van der Waals surface area contributed by atoms with Gasteiger partial charge in [-0.2, -0.15) is 23.5 Å². The summed E-state index contributed by atoms with van der Waals surface area (Å²) in [5.41, 5.74) is 0. The minimum atomic E-state index is -2.31. The van der Waals surface area contributed by atoms with Crippen LogP contribution in [0.4, 0.5) is 0 Å². The lowest BCUT2D eigenvalue weighted by Gasteiger charge is -2.50. The van der Waals surface area contributed by atoms with Crippen molar-refractivity contribution in [2.75, 3.05) is 89.5 Å². The molecule has 0 aliphatic carbocycles. The summed E-state index contributed by atoms with van der Waals surface area (Å²) in [6.45, 7) is -3.91. The van der Waals surface area contributed by atoms with Gasteiger partial charge >= 0.3 is 11.9 Å². The number of aliphatic hydroxyl groups is 19. The predicted molar refractivity (Wildman–Crippen MR) is 332 cm³/mol. The van der Waals surface area contributed by atoms with E-state index >= 15 is 0 Å². The van der Waals surface area contributed by atoms with E-state index in [-0.39, 0.29) is 62.3 Å². The van der Waals surface area contributed by atoms with Crippen molar-refractivity contribution >= 4 is 47.0 Å². The fraction of sp³-hybridized carbons (Fsp3) is 0.932. The van der Waals surface area contributed by atoms with Gasteiger partial charge in [-0.15, -0.1) is 0 Å². The molecule has 21 aliphatic rings. The number of carboxylic acids is 2. The molecule has 0 aromatic rings. The SMILES string of the molecule is CNC(CSCC1O[C@H]2O[C@@H]3C(CO)O[C@H](O[C@@H]4C(CO)O[C@H](O[C@@H]5C(CO)O[C@H](O[C@@H]6C(CSCC(CC(=O)CCOCCOCCC(C)=O)C(=O)O)O[C@H](O[C@@H]7C(CO)O[C@@H](O[C@@H]8C(CO)O[C@@H](O[C@H]1[C@H](O)C2O)C(O)[C@H]8O)C(O)[C@H]7O)C(O)[C@H]6O)C(O)[C@H]5O)C(O)[C@H]4O)C(O)[C@H]3O)C(=O)O. The highest BCUT2D eigenvalue weighted by Gasteiger charge is 2.60. The molecule has 16 unspecified atom stereocenters. The molecule has 21 saturated heterocycles. The standard InChI is InChI=1S/C59H97NO41S2/c1-19(66)3-5-86-7-8-87-6-4-21(67)9-20(51(82)83)15-102-17-28-49-35(73)42(80)58(93-28)98-47-26(13-64)89-55(38(76)31(47)69)97-46-25(12-63)92-57(41(79)34(46)72)101-50-29(18-103-16-22(60-2)52(84)85)94-59(43(81)36(50)74)99-48-27(14-65)90-54(39(77)32(48)70)95-44-23(10-61)88-53(37(75)30(44)68)96-45-24(11-62)91-56(100-49)40(78)33(45)71/h20,22-50,53-65,68-81H,3-18H2,1-2H3,(H,82,83)(H,84,85)/t20?,22?,23?,24?,25?,26?,27?,28?,29?,30-,31-,32-,33-,34-,35-,36-,37?,38?,39?,40?,41?,42?,43?,44-,45-,46-,47-,48-,49-,50-,53-,54-,55+,56-,57+,58-,59+/m1/s1. The van der Waals surface area contributed by atoms with Gasteiger partial charge in [0.05, 0.1) is 77.6 Å². The fourth-order valence-electron chi connectivity index (χ4n) is 12.6. The van der Waals surface area contributed by atoms with Crippen LogP contribution in [0.1, 0.15) is 26.2 Å². The summed E-state index contributed by atoms with van der Waals surface area (Å²) in [5, 5.41) is 239. The summed E-state index contributed by atoms with van der Waals surface area (Å²) in [5.74, 6) is -6.08. The Morgan fingerprint density at radius 3 is 0.845 bits per heavy atom. The van der Waals surface area contributed by atoms with Gasteiger partial charge in [0.1, 0.15) is 176 Å². The Balaban J connectivity index is 1.08. The monoisotopic (exact) mass is 1540 g/mol. The lowest BCUT2D eigenvalue weighted by molar-refractivity contribution is -0.395. The van der Waals surface area contributed by atoms with E-state index in [4.69, 9.17) is 75.8 Å². The summed E-state index contributed by atoms with van der Waals surface area (Å²) in [4.78, 5) is 48.7. The van der Waals surface area contributed by atoms with Crippen LogP contribution < -0.4 is 5.32 Å². The van der Waals surface area contributed by atoms with Crippen molar-refractivity contribution in [3.63, 3.8) is 0 Å². The topological polar surface area (TPSA) is 653 Å². The van der Waals surface area contributed by atoms with E-state index < -0.39 is 290 Å². The van der Waals surface area contributed by atoms with E-state index in [9.17, 15) is 126 Å². The molecular formula is C59H97NO41S2. The van der Waals surface area contributed by atoms with Crippen LogP contribution in [-0.2, 0) is 95.0 Å². The van der Waals surface area contributed by atoms with Crippen molar-refractivity contribution < 1.29 is 202 Å². The third-order valence-electron chi connectivity index (χ3n) is 18.6. The molecule has 0 aromatic carbocycles. The smallest absolute Gasteiger partial charge is 0.321 e. The second kappa shape index (κ2) is 40.0. The first-order valence-corrected chi connectivity index (χ1v) is 35.5. The third-order valence-corrected chi connectivity index (χ3v) is 20.9. The summed E-state index contributed by atoms with van der Waals surface area (Å²) in [6.07, 6.45) is -73.1. The maximum Gasteiger partial charge on any atom is 0.321 e. The van der Waals surface area contributed by atoms with Gasteiger partial charge in [0.25, 0.3) is 0 Å². The molecule has 22 N–H and O–H groups in total. The van der Waals surface area contributed by atoms with Gasteiger partial charge in [-0.1, -0.05) is 0 Å². The maximum atomic E-state index is 13.0. The van der Waals surface area contributed by atoms with E-state index in [0.29, 0.717) is 0 Å². The van der Waals surface area contributed by atoms with Gasteiger partial charge < -0.3 is 188 Å². The van der Waals surface area contributed by atoms with Crippen molar-refractivity contribution in [3.8, 4) is 0 Å². The van der Waals surface area contributed by atoms with Crippen molar-refractivity contribution in [2.24, 2.45) is 5.92 Å². The summed E-state index contributed by atoms with van der Waals surface area (Å²) < 4.78 is 93.3. The molecule has 21 aliphatic heterocycles. The predicted octanol–water partition coefficient (Wildman–Crippen LogP) is -13.0. The summed E-state index contributed by atoms with van der Waals surface area (Å²) in [7, 11) is 1.35. The van der Waals surface area contributed by atoms with E-state index in [0.717, 1.165) is 23.5 Å². The average Bonchev–Trinajstić information content (AvgIpc) is 0.785. The van der Waals surface area contributed by atoms with Gasteiger partial charge in [0, 0.05) is 42.3 Å². The van der Waals surface area contributed by atoms with E-state index in [1.54, 1.807) is 0 Å². The van der Waals surface area contributed by atoms with E-state index in [2.05, 4.69) is 5.32 Å². The minimum Gasteiger partial charge on any atom is -0.481 e. The van der Waals surface area contributed by atoms with Crippen LogP contribution in [0.25, 0.3) is 0 Å². The number of thioether (sulfide) groups is 2. The second-order valence-electron chi connectivity index (χ2n) is 25.7. The Kier molecular flexibility index (Phi) is 33.4. The first-order chi connectivity index (χ1) is 49.0. The average molecular weight is 1540 g/mol. The highest BCUT2D eigenvalue weighted by Crippen LogP contribution is 2.40. The zero-order chi connectivity index (χ0) is 75.4. The number of hydrogen-bond donors (Lipinski definition) is 22. The van der Waals surface area contributed by atoms with Crippen LogP contribution in [0, 0.1) is 5.92 Å². The number of aliphatic hydroxyl groups excluding tert-OH is 19. The van der Waals surface area contributed by atoms with Crippen LogP contribution in [0.15, 0.2) is 0 Å². The van der Waals surface area contributed by atoms with Crippen molar-refractivity contribution in [3.05, 3.63) is 0 Å². The fourth-order valence-corrected chi connectivity index (χ4v) is 15.0. The Morgan fingerprint density at radius 1 is 0.350 bits per heavy atom. The highest BCUT2D eigenvalue weighted by molar-refractivity contribution is 7.99. The van der Waals surface area contributed by atoms with Crippen LogP contribution in [0.5, 0.6) is 0 Å². The number of likely N-dealkylation sites (N-methyl/N-ethyl adjacent to an activating group) is 1. The molecule has 21 fully saturated rings. The molecule has 0 radical (unpaired) electrons. The molecule has 596 valence electrons. The van der Waals surface area contributed by atoms with Gasteiger partial charge in [-0.05, 0) is 14.0 Å². The number of nitrogens with one attached hydrogen (secondary N) is 1. The lowest BCUT2D eigenvalue weighted by atomic mass is 9.95. The number of hydrogen-bond acceptors (Lipinski definition) is 42. The molecule has 14 bridgehead atoms. The molecule has 0 spiro atoms. The molecule has 42 nitrogen and oxygen atoms in total. The second-order valence-corrected chi connectivity index (χ2v) is 27.9. The first-order valence-electron chi connectivity index (χ1n) is 33.2. The molecule has 0 aromatic heterocycles. The molecule has 0 amide bonds. The lowest BCUT2D eigenvalue weighted by Crippen LogP contribution is -2.68. The normalized spacial score (nSPS) is 44.9. The number of aliphatic carboxylic acids is 2. The number of carboxylic acid groups (broad SMARTS) is 2. The zero-order valence-corrected chi connectivity index (χ0v) is 57.2. The van der Waals surface area contributed by atoms with Crippen molar-refractivity contribution in [2.45, 2.75) is 247 Å². The zero-order valence-electron chi connectivity index (χ0n) is 55.5. The van der Waals surface area contributed by atoms with Gasteiger partial charge in [-0.25, -0.2) is 0 Å². The minimum absolute atomic E-state index is 0.0645. The van der Waals surface area contributed by atoms with Gasteiger partial charge in [0.15, 0.2) is 44.0 Å². The number of ether oxygens (including phenoxy) is 16. The van der Waals surface area contributed by atoms with Crippen LogP contribution in [-0.4, -0.2) is 441 Å². The number of ketones is 2.